The summed E-state index contributed by atoms with van der Waals surface area (Å²) >= 11 is 5.83. The zero-order valence-corrected chi connectivity index (χ0v) is 20.5. The minimum atomic E-state index is -0.525. The molecule has 0 aromatic heterocycles. The van der Waals surface area contributed by atoms with Crippen LogP contribution in [0.15, 0.2) is 77.9 Å². The van der Waals surface area contributed by atoms with E-state index in [-0.39, 0.29) is 12.5 Å². The highest BCUT2D eigenvalue weighted by Crippen LogP contribution is 2.16. The number of unbranched alkanes of at least 4 members (excludes halogenated alkanes) is 1. The Hall–Kier alpha value is -4.17. The lowest BCUT2D eigenvalue weighted by molar-refractivity contribution is -0.120. The number of amides is 2. The van der Waals surface area contributed by atoms with Crippen LogP contribution >= 0.6 is 11.6 Å². The lowest BCUT2D eigenvalue weighted by Gasteiger charge is -2.07. The van der Waals surface area contributed by atoms with Crippen molar-refractivity contribution in [3.05, 3.63) is 94.5 Å². The van der Waals surface area contributed by atoms with Crippen LogP contribution in [0.3, 0.4) is 0 Å². The van der Waals surface area contributed by atoms with Gasteiger partial charge in [-0.2, -0.15) is 5.10 Å². The first-order chi connectivity index (χ1) is 17.4. The maximum atomic E-state index is 12.2. The van der Waals surface area contributed by atoms with Gasteiger partial charge in [0.2, 0.25) is 0 Å². The van der Waals surface area contributed by atoms with E-state index in [0.717, 1.165) is 12.8 Å². The number of halogens is 1. The molecule has 0 saturated carbocycles. The summed E-state index contributed by atoms with van der Waals surface area (Å²) in [5.41, 5.74) is 3.72. The lowest BCUT2D eigenvalue weighted by atomic mass is 10.2. The van der Waals surface area contributed by atoms with E-state index in [1.54, 1.807) is 72.8 Å². The summed E-state index contributed by atoms with van der Waals surface area (Å²) < 4.78 is 10.9. The Morgan fingerprint density at radius 1 is 0.944 bits per heavy atom. The van der Waals surface area contributed by atoms with Crippen LogP contribution in [0, 0.1) is 0 Å². The molecule has 0 fully saturated rings. The lowest BCUT2D eigenvalue weighted by Crippen LogP contribution is -2.34. The first kappa shape index (κ1) is 26.4. The maximum Gasteiger partial charge on any atom is 0.343 e. The molecule has 0 heterocycles. The minimum Gasteiger partial charge on any atom is -0.494 e. The van der Waals surface area contributed by atoms with Crippen LogP contribution in [0.5, 0.6) is 11.5 Å². The molecular weight excluding hydrogens is 482 g/mol. The number of ether oxygens (including phenoxy) is 2. The van der Waals surface area contributed by atoms with E-state index < -0.39 is 11.9 Å². The summed E-state index contributed by atoms with van der Waals surface area (Å²) in [5.74, 6) is -0.396. The number of nitrogens with zero attached hydrogens (tertiary/aromatic N) is 1. The maximum absolute atomic E-state index is 12.2. The fraction of sp³-hybridized carbons (Fsp3) is 0.185. The zero-order valence-electron chi connectivity index (χ0n) is 19.7. The Bertz CT molecular complexity index is 1210. The van der Waals surface area contributed by atoms with Crippen LogP contribution in [-0.2, 0) is 4.79 Å². The predicted octanol–water partition coefficient (Wildman–Crippen LogP) is 4.62. The SMILES string of the molecule is CCCCOc1ccc(C(=O)NCC(=O)N/N=C/c2cccc(OC(=O)c3ccc(Cl)cc3)c2)cc1. The van der Waals surface area contributed by atoms with Gasteiger partial charge in [0.15, 0.2) is 0 Å². The third kappa shape index (κ3) is 8.56. The molecule has 0 radical (unpaired) electrons. The van der Waals surface area contributed by atoms with Gasteiger partial charge in [-0.15, -0.1) is 0 Å². The van der Waals surface area contributed by atoms with Crippen LogP contribution in [-0.4, -0.2) is 37.1 Å². The minimum absolute atomic E-state index is 0.246. The van der Waals surface area contributed by atoms with Crippen molar-refractivity contribution in [2.45, 2.75) is 19.8 Å². The molecule has 36 heavy (non-hydrogen) atoms. The van der Waals surface area contributed by atoms with Crippen molar-refractivity contribution >= 4 is 35.6 Å². The zero-order chi connectivity index (χ0) is 25.8. The van der Waals surface area contributed by atoms with E-state index in [1.165, 1.54) is 6.21 Å². The van der Waals surface area contributed by atoms with Crippen LogP contribution in [0.1, 0.15) is 46.0 Å². The number of hydrogen-bond donors (Lipinski definition) is 2. The second-order valence-electron chi connectivity index (χ2n) is 7.67. The van der Waals surface area contributed by atoms with E-state index in [2.05, 4.69) is 22.8 Å². The molecular formula is C27H26ClN3O5. The first-order valence-corrected chi connectivity index (χ1v) is 11.7. The van der Waals surface area contributed by atoms with Crippen molar-refractivity contribution in [2.24, 2.45) is 5.10 Å². The highest BCUT2D eigenvalue weighted by atomic mass is 35.5. The number of benzene rings is 3. The number of carbonyl (C=O) groups excluding carboxylic acids is 3. The van der Waals surface area contributed by atoms with Crippen LogP contribution in [0.25, 0.3) is 0 Å². The molecule has 8 nitrogen and oxygen atoms in total. The van der Waals surface area contributed by atoms with Crippen LogP contribution < -0.4 is 20.2 Å². The van der Waals surface area contributed by atoms with E-state index in [9.17, 15) is 14.4 Å². The second-order valence-corrected chi connectivity index (χ2v) is 8.11. The van der Waals surface area contributed by atoms with Gasteiger partial charge in [0, 0.05) is 10.6 Å². The Labute approximate surface area is 214 Å². The largest absolute Gasteiger partial charge is 0.494 e. The standard InChI is InChI=1S/C27H26ClN3O5/c1-2-3-15-35-23-13-9-20(10-14-23)26(33)29-18-25(32)31-30-17-19-5-4-6-24(16-19)36-27(34)21-7-11-22(28)12-8-21/h4-14,16-17H,2-3,15,18H2,1H3,(H,29,33)(H,31,32)/b30-17+. The summed E-state index contributed by atoms with van der Waals surface area (Å²) in [7, 11) is 0. The monoisotopic (exact) mass is 507 g/mol. The molecule has 0 spiro atoms. The van der Waals surface area contributed by atoms with Crippen molar-refractivity contribution in [2.75, 3.05) is 13.2 Å². The fourth-order valence-corrected chi connectivity index (χ4v) is 3.05. The molecule has 186 valence electrons. The Kier molecular flexibility index (Phi) is 10.0. The number of nitrogens with one attached hydrogen (secondary N) is 2. The normalized spacial score (nSPS) is 10.6. The van der Waals surface area contributed by atoms with Gasteiger partial charge in [0.25, 0.3) is 11.8 Å². The van der Waals surface area contributed by atoms with Crippen molar-refractivity contribution < 1.29 is 23.9 Å². The molecule has 3 rings (SSSR count). The first-order valence-electron chi connectivity index (χ1n) is 11.4. The Morgan fingerprint density at radius 2 is 1.67 bits per heavy atom. The van der Waals surface area contributed by atoms with Gasteiger partial charge in [-0.3, -0.25) is 9.59 Å². The molecule has 0 aliphatic carbocycles. The third-order valence-electron chi connectivity index (χ3n) is 4.84. The van der Waals surface area contributed by atoms with Crippen LogP contribution in [0.4, 0.5) is 0 Å². The molecule has 9 heteroatoms. The highest BCUT2D eigenvalue weighted by Gasteiger charge is 2.09. The molecule has 0 bridgehead atoms. The number of hydrazone groups is 1. The summed E-state index contributed by atoms with van der Waals surface area (Å²) in [6.45, 7) is 2.46. The average Bonchev–Trinajstić information content (AvgIpc) is 2.88. The quantitative estimate of drug-likeness (QED) is 0.129. The number of hydrogen-bond acceptors (Lipinski definition) is 6. The van der Waals surface area contributed by atoms with Crippen molar-refractivity contribution in [3.63, 3.8) is 0 Å². The Morgan fingerprint density at radius 3 is 2.39 bits per heavy atom. The molecule has 0 aliphatic heterocycles. The Balaban J connectivity index is 1.44. The number of carbonyl (C=O) groups is 3. The molecule has 3 aromatic rings. The van der Waals surface area contributed by atoms with E-state index in [1.807, 2.05) is 0 Å². The number of rotatable bonds is 11. The molecule has 0 aliphatic rings. The van der Waals surface area contributed by atoms with Crippen LogP contribution in [0.2, 0.25) is 5.02 Å². The van der Waals surface area contributed by atoms with E-state index in [0.29, 0.717) is 39.8 Å². The van der Waals surface area contributed by atoms with Crippen molar-refractivity contribution in [1.82, 2.24) is 10.7 Å². The molecule has 3 aromatic carbocycles. The predicted molar refractivity (Wildman–Crippen MR) is 138 cm³/mol. The average molecular weight is 508 g/mol. The second kappa shape index (κ2) is 13.7. The number of esters is 1. The summed E-state index contributed by atoms with van der Waals surface area (Å²) in [4.78, 5) is 36.5. The molecule has 0 saturated heterocycles. The van der Waals surface area contributed by atoms with Gasteiger partial charge in [0.1, 0.15) is 11.5 Å². The van der Waals surface area contributed by atoms with Gasteiger partial charge < -0.3 is 14.8 Å². The van der Waals surface area contributed by atoms with E-state index in [4.69, 9.17) is 21.1 Å². The van der Waals surface area contributed by atoms with E-state index >= 15 is 0 Å². The van der Waals surface area contributed by atoms with Gasteiger partial charge in [0.05, 0.1) is 24.9 Å². The third-order valence-corrected chi connectivity index (χ3v) is 5.10. The molecule has 0 unspecified atom stereocenters. The summed E-state index contributed by atoms with van der Waals surface area (Å²) in [6.07, 6.45) is 3.40. The molecule has 2 amide bonds. The fourth-order valence-electron chi connectivity index (χ4n) is 2.93. The summed E-state index contributed by atoms with van der Waals surface area (Å²) in [5, 5.41) is 6.94. The van der Waals surface area contributed by atoms with Crippen molar-refractivity contribution in [1.29, 1.82) is 0 Å². The molecule has 0 atom stereocenters. The molecule has 2 N–H and O–H groups in total. The van der Waals surface area contributed by atoms with Crippen molar-refractivity contribution in [3.8, 4) is 11.5 Å². The van der Waals surface area contributed by atoms with Gasteiger partial charge in [-0.1, -0.05) is 37.1 Å². The highest BCUT2D eigenvalue weighted by molar-refractivity contribution is 6.30. The summed E-state index contributed by atoms with van der Waals surface area (Å²) in [6, 6.07) is 19.7. The van der Waals surface area contributed by atoms with Gasteiger partial charge in [-0.05, 0) is 72.6 Å². The smallest absolute Gasteiger partial charge is 0.343 e. The van der Waals surface area contributed by atoms with Gasteiger partial charge >= 0.3 is 5.97 Å². The van der Waals surface area contributed by atoms with Gasteiger partial charge in [-0.25, -0.2) is 10.2 Å². The topological polar surface area (TPSA) is 106 Å².